The second kappa shape index (κ2) is 7.18. The van der Waals surface area contributed by atoms with Crippen LogP contribution in [0, 0.1) is 0 Å². The maximum atomic E-state index is 12.2. The van der Waals surface area contributed by atoms with Crippen molar-refractivity contribution in [1.29, 1.82) is 0 Å². The summed E-state index contributed by atoms with van der Waals surface area (Å²) in [5.41, 5.74) is 1.26. The third kappa shape index (κ3) is 3.57. The van der Waals surface area contributed by atoms with Crippen molar-refractivity contribution in [3.63, 3.8) is 0 Å². The first-order valence-electron chi connectivity index (χ1n) is 7.35. The van der Waals surface area contributed by atoms with Gasteiger partial charge in [-0.05, 0) is 17.7 Å². The molecule has 7 heteroatoms. The number of nitrogens with one attached hydrogen (secondary N) is 1. The highest BCUT2D eigenvalue weighted by molar-refractivity contribution is 7.99. The summed E-state index contributed by atoms with van der Waals surface area (Å²) in [6, 6.07) is 16.6. The van der Waals surface area contributed by atoms with Gasteiger partial charge in [-0.3, -0.25) is 9.59 Å². The average molecular weight is 340 g/mol. The first kappa shape index (κ1) is 16.1. The van der Waals surface area contributed by atoms with Gasteiger partial charge in [0.15, 0.2) is 5.16 Å². The molecule has 0 unspecified atom stereocenters. The van der Waals surface area contributed by atoms with Gasteiger partial charge in [-0.15, -0.1) is 0 Å². The number of aromatic nitrogens is 2. The molecule has 0 spiro atoms. The highest BCUT2D eigenvalue weighted by Gasteiger charge is 2.11. The van der Waals surface area contributed by atoms with Crippen LogP contribution in [0.5, 0.6) is 0 Å². The molecule has 3 N–H and O–H groups in total. The van der Waals surface area contributed by atoms with E-state index in [1.54, 1.807) is 24.3 Å². The SMILES string of the molecule is Nn1c(SCC(=O)NCc2ccccc2)nc2ccccc2c1=O. The lowest BCUT2D eigenvalue weighted by atomic mass is 10.2. The van der Waals surface area contributed by atoms with Crippen LogP contribution in [0.1, 0.15) is 5.56 Å². The number of amides is 1. The van der Waals surface area contributed by atoms with Crippen LogP contribution in [0.15, 0.2) is 64.5 Å². The molecule has 3 aromatic rings. The van der Waals surface area contributed by atoms with Crippen LogP contribution < -0.4 is 16.7 Å². The van der Waals surface area contributed by atoms with Crippen LogP contribution in [0.2, 0.25) is 0 Å². The van der Waals surface area contributed by atoms with Crippen molar-refractivity contribution >= 4 is 28.6 Å². The molecule has 0 bridgehead atoms. The smallest absolute Gasteiger partial charge is 0.280 e. The Hall–Kier alpha value is -2.80. The molecule has 0 radical (unpaired) electrons. The number of nitrogens with two attached hydrogens (primary N) is 1. The van der Waals surface area contributed by atoms with Gasteiger partial charge in [0.05, 0.1) is 16.7 Å². The zero-order chi connectivity index (χ0) is 16.9. The molecule has 0 aliphatic carbocycles. The predicted molar refractivity (Wildman–Crippen MR) is 95.2 cm³/mol. The molecular weight excluding hydrogens is 324 g/mol. The molecule has 1 aromatic heterocycles. The van der Waals surface area contributed by atoms with E-state index >= 15 is 0 Å². The molecule has 1 amide bonds. The summed E-state index contributed by atoms with van der Waals surface area (Å²) in [6.45, 7) is 0.459. The molecule has 1 heterocycles. The molecule has 0 aliphatic rings. The number of hydrogen-bond acceptors (Lipinski definition) is 5. The molecule has 0 saturated heterocycles. The number of benzene rings is 2. The number of rotatable bonds is 5. The van der Waals surface area contributed by atoms with E-state index in [0.29, 0.717) is 22.6 Å². The summed E-state index contributed by atoms with van der Waals surface area (Å²) in [5.74, 6) is 5.78. The Bertz CT molecular complexity index is 925. The van der Waals surface area contributed by atoms with Gasteiger partial charge in [0, 0.05) is 6.54 Å². The summed E-state index contributed by atoms with van der Waals surface area (Å²) >= 11 is 1.13. The van der Waals surface area contributed by atoms with Crippen molar-refractivity contribution < 1.29 is 4.79 Å². The van der Waals surface area contributed by atoms with E-state index in [9.17, 15) is 9.59 Å². The molecule has 0 atom stereocenters. The largest absolute Gasteiger partial charge is 0.351 e. The molecule has 3 rings (SSSR count). The number of para-hydroxylation sites is 1. The molecule has 24 heavy (non-hydrogen) atoms. The molecule has 6 nitrogen and oxygen atoms in total. The van der Waals surface area contributed by atoms with Crippen LogP contribution >= 0.6 is 11.8 Å². The van der Waals surface area contributed by atoms with Crippen molar-refractivity contribution in [2.24, 2.45) is 0 Å². The van der Waals surface area contributed by atoms with Gasteiger partial charge in [-0.2, -0.15) is 0 Å². The predicted octanol–water partition coefficient (Wildman–Crippen LogP) is 1.52. The molecule has 122 valence electrons. The fraction of sp³-hybridized carbons (Fsp3) is 0.118. The maximum absolute atomic E-state index is 12.2. The van der Waals surface area contributed by atoms with E-state index in [-0.39, 0.29) is 17.2 Å². The van der Waals surface area contributed by atoms with Crippen molar-refractivity contribution in [1.82, 2.24) is 15.0 Å². The van der Waals surface area contributed by atoms with E-state index in [1.165, 1.54) is 0 Å². The molecule has 0 aliphatic heterocycles. The second-order valence-corrected chi connectivity index (χ2v) is 6.08. The minimum Gasteiger partial charge on any atom is -0.351 e. The van der Waals surface area contributed by atoms with Gasteiger partial charge in [-0.1, -0.05) is 54.2 Å². The lowest BCUT2D eigenvalue weighted by Gasteiger charge is -2.08. The Labute approximate surface area is 142 Å². The maximum Gasteiger partial charge on any atom is 0.280 e. The van der Waals surface area contributed by atoms with Gasteiger partial charge in [0.2, 0.25) is 5.91 Å². The number of thioether (sulfide) groups is 1. The van der Waals surface area contributed by atoms with Crippen molar-refractivity contribution in [3.8, 4) is 0 Å². The van der Waals surface area contributed by atoms with Gasteiger partial charge in [0.25, 0.3) is 5.56 Å². The van der Waals surface area contributed by atoms with Crippen LogP contribution in [0.4, 0.5) is 0 Å². The van der Waals surface area contributed by atoms with Crippen molar-refractivity contribution in [2.75, 3.05) is 11.6 Å². The minimum absolute atomic E-state index is 0.134. The van der Waals surface area contributed by atoms with Crippen LogP contribution in [-0.4, -0.2) is 21.3 Å². The first-order chi connectivity index (χ1) is 11.6. The molecular formula is C17H16N4O2S. The fourth-order valence-electron chi connectivity index (χ4n) is 2.20. The number of carbonyl (C=O) groups excluding carboxylic acids is 1. The molecule has 2 aromatic carbocycles. The Morgan fingerprint density at radius 1 is 1.12 bits per heavy atom. The van der Waals surface area contributed by atoms with E-state index in [1.807, 2.05) is 30.3 Å². The van der Waals surface area contributed by atoms with E-state index in [0.717, 1.165) is 22.0 Å². The normalized spacial score (nSPS) is 10.7. The fourth-order valence-corrected chi connectivity index (χ4v) is 2.95. The number of hydrogen-bond donors (Lipinski definition) is 2. The quantitative estimate of drug-likeness (QED) is 0.417. The first-order valence-corrected chi connectivity index (χ1v) is 8.34. The number of nitrogen functional groups attached to an aromatic ring is 1. The Morgan fingerprint density at radius 3 is 2.62 bits per heavy atom. The van der Waals surface area contributed by atoms with Gasteiger partial charge >= 0.3 is 0 Å². The second-order valence-electron chi connectivity index (χ2n) is 5.14. The number of fused-ring (bicyclic) bond motifs is 1. The summed E-state index contributed by atoms with van der Waals surface area (Å²) in [6.07, 6.45) is 0. The Balaban J connectivity index is 1.66. The van der Waals surface area contributed by atoms with E-state index in [2.05, 4.69) is 10.3 Å². The van der Waals surface area contributed by atoms with Gasteiger partial charge in [0.1, 0.15) is 0 Å². The zero-order valence-corrected chi connectivity index (χ0v) is 13.6. The third-order valence-electron chi connectivity index (χ3n) is 3.44. The van der Waals surface area contributed by atoms with Gasteiger partial charge in [-0.25, -0.2) is 9.66 Å². The summed E-state index contributed by atoms with van der Waals surface area (Å²) in [5, 5.41) is 3.59. The van der Waals surface area contributed by atoms with Crippen molar-refractivity contribution in [2.45, 2.75) is 11.7 Å². The van der Waals surface area contributed by atoms with Crippen LogP contribution in [-0.2, 0) is 11.3 Å². The average Bonchev–Trinajstić information content (AvgIpc) is 2.62. The number of carbonyl (C=O) groups is 1. The minimum atomic E-state index is -0.326. The van der Waals surface area contributed by atoms with Gasteiger partial charge < -0.3 is 11.2 Å². The summed E-state index contributed by atoms with van der Waals surface area (Å²) in [7, 11) is 0. The van der Waals surface area contributed by atoms with E-state index < -0.39 is 0 Å². The summed E-state index contributed by atoms with van der Waals surface area (Å²) in [4.78, 5) is 28.5. The highest BCUT2D eigenvalue weighted by atomic mass is 32.2. The Kier molecular flexibility index (Phi) is 4.81. The van der Waals surface area contributed by atoms with E-state index in [4.69, 9.17) is 5.84 Å². The topological polar surface area (TPSA) is 90.0 Å². The summed E-state index contributed by atoms with van der Waals surface area (Å²) < 4.78 is 0.984. The third-order valence-corrected chi connectivity index (χ3v) is 4.39. The number of nitrogens with zero attached hydrogens (tertiary/aromatic N) is 2. The zero-order valence-electron chi connectivity index (χ0n) is 12.8. The standard InChI is InChI=1S/C17H16N4O2S/c18-21-16(23)13-8-4-5-9-14(13)20-17(21)24-11-15(22)19-10-12-6-2-1-3-7-12/h1-9H,10-11,18H2,(H,19,22). The molecule has 0 saturated carbocycles. The highest BCUT2D eigenvalue weighted by Crippen LogP contribution is 2.15. The van der Waals surface area contributed by atoms with Crippen LogP contribution in [0.25, 0.3) is 10.9 Å². The Morgan fingerprint density at radius 2 is 1.83 bits per heavy atom. The lowest BCUT2D eigenvalue weighted by Crippen LogP contribution is -2.30. The molecule has 0 fully saturated rings. The van der Waals surface area contributed by atoms with Crippen LogP contribution in [0.3, 0.4) is 0 Å². The van der Waals surface area contributed by atoms with Crippen molar-refractivity contribution in [3.05, 3.63) is 70.5 Å². The lowest BCUT2D eigenvalue weighted by molar-refractivity contribution is -0.118. The monoisotopic (exact) mass is 340 g/mol.